The Kier molecular flexibility index (Phi) is 9.01. The summed E-state index contributed by atoms with van der Waals surface area (Å²) in [5, 5.41) is 23.8. The maximum atomic E-state index is 12.4. The molecule has 0 radical (unpaired) electrons. The van der Waals surface area contributed by atoms with Crippen molar-refractivity contribution in [3.63, 3.8) is 0 Å². The standard InChI is InChI=1S/C23H30N6O2S/c1-16(14-21(30)26-13-9-24)6-12-27-22(31)18-4-2-17(3-5-18)20-15-32-23(29-20)28-19-7-10-25-11-8-19/h2-5,15-16,19,25H,6-8,10-14H2,1H3,(H,26,30)(H,27,31)(H,28,29). The van der Waals surface area contributed by atoms with E-state index in [2.05, 4.69) is 21.3 Å². The Morgan fingerprint density at radius 1 is 1.25 bits per heavy atom. The van der Waals surface area contributed by atoms with Gasteiger partial charge in [-0.15, -0.1) is 11.3 Å². The van der Waals surface area contributed by atoms with Crippen molar-refractivity contribution in [2.45, 2.75) is 38.6 Å². The maximum Gasteiger partial charge on any atom is 0.251 e. The first kappa shape index (κ1) is 23.7. The van der Waals surface area contributed by atoms with Gasteiger partial charge in [-0.1, -0.05) is 19.1 Å². The molecule has 1 aliphatic rings. The number of benzene rings is 1. The molecular formula is C23H30N6O2S. The molecule has 2 heterocycles. The Labute approximate surface area is 192 Å². The number of carbonyl (C=O) groups excluding carboxylic acids is 2. The normalized spacial score (nSPS) is 14.9. The summed E-state index contributed by atoms with van der Waals surface area (Å²) in [6.07, 6.45) is 3.24. The summed E-state index contributed by atoms with van der Waals surface area (Å²) in [7, 11) is 0. The molecule has 170 valence electrons. The van der Waals surface area contributed by atoms with Crippen LogP contribution in [0.4, 0.5) is 5.13 Å². The van der Waals surface area contributed by atoms with Crippen LogP contribution in [-0.2, 0) is 4.79 Å². The highest BCUT2D eigenvalue weighted by atomic mass is 32.1. The minimum Gasteiger partial charge on any atom is -0.359 e. The quantitative estimate of drug-likeness (QED) is 0.410. The molecule has 0 spiro atoms. The summed E-state index contributed by atoms with van der Waals surface area (Å²) < 4.78 is 0. The van der Waals surface area contributed by atoms with Crippen molar-refractivity contribution >= 4 is 28.3 Å². The van der Waals surface area contributed by atoms with Crippen LogP contribution in [0, 0.1) is 17.2 Å². The Morgan fingerprint density at radius 2 is 2.00 bits per heavy atom. The molecule has 1 aliphatic heterocycles. The van der Waals surface area contributed by atoms with Gasteiger partial charge in [0.15, 0.2) is 5.13 Å². The van der Waals surface area contributed by atoms with E-state index in [9.17, 15) is 9.59 Å². The first-order valence-corrected chi connectivity index (χ1v) is 11.9. The molecule has 1 aromatic heterocycles. The van der Waals surface area contributed by atoms with Crippen LogP contribution in [0.2, 0.25) is 0 Å². The summed E-state index contributed by atoms with van der Waals surface area (Å²) >= 11 is 1.60. The molecular weight excluding hydrogens is 424 g/mol. The fraction of sp³-hybridized carbons (Fsp3) is 0.478. The van der Waals surface area contributed by atoms with E-state index < -0.39 is 0 Å². The first-order chi connectivity index (χ1) is 15.5. The molecule has 0 aliphatic carbocycles. The second kappa shape index (κ2) is 12.2. The molecule has 1 fully saturated rings. The molecule has 2 aromatic rings. The van der Waals surface area contributed by atoms with Gasteiger partial charge in [0.05, 0.1) is 11.8 Å². The second-order valence-corrected chi connectivity index (χ2v) is 8.93. The number of carbonyl (C=O) groups is 2. The topological polar surface area (TPSA) is 119 Å². The monoisotopic (exact) mass is 454 g/mol. The summed E-state index contributed by atoms with van der Waals surface area (Å²) in [5.41, 5.74) is 2.48. The highest BCUT2D eigenvalue weighted by molar-refractivity contribution is 7.14. The van der Waals surface area contributed by atoms with Crippen molar-refractivity contribution in [1.82, 2.24) is 20.9 Å². The lowest BCUT2D eigenvalue weighted by molar-refractivity contribution is -0.121. The number of thiazole rings is 1. The van der Waals surface area contributed by atoms with Gasteiger partial charge in [-0.05, 0) is 50.4 Å². The predicted octanol–water partition coefficient (Wildman–Crippen LogP) is 2.76. The zero-order valence-electron chi connectivity index (χ0n) is 18.3. The van der Waals surface area contributed by atoms with Gasteiger partial charge in [0, 0.05) is 35.5 Å². The Morgan fingerprint density at radius 3 is 2.72 bits per heavy atom. The molecule has 2 amide bonds. The highest BCUT2D eigenvalue weighted by Gasteiger charge is 2.15. The molecule has 1 saturated heterocycles. The average Bonchev–Trinajstić information content (AvgIpc) is 3.26. The van der Waals surface area contributed by atoms with Crippen molar-refractivity contribution in [3.05, 3.63) is 35.2 Å². The predicted molar refractivity (Wildman–Crippen MR) is 126 cm³/mol. The molecule has 32 heavy (non-hydrogen) atoms. The minimum absolute atomic E-state index is 0.0231. The number of hydrogen-bond acceptors (Lipinski definition) is 7. The number of aromatic nitrogens is 1. The lowest BCUT2D eigenvalue weighted by Gasteiger charge is -2.23. The zero-order chi connectivity index (χ0) is 22.8. The molecule has 9 heteroatoms. The van der Waals surface area contributed by atoms with Crippen LogP contribution in [-0.4, -0.2) is 49.0 Å². The molecule has 1 aromatic carbocycles. The third-order valence-electron chi connectivity index (χ3n) is 5.43. The number of piperidine rings is 1. The van der Waals surface area contributed by atoms with Gasteiger partial charge >= 0.3 is 0 Å². The highest BCUT2D eigenvalue weighted by Crippen LogP contribution is 2.26. The number of rotatable bonds is 10. The molecule has 0 bridgehead atoms. The van der Waals surface area contributed by atoms with Crippen molar-refractivity contribution in [2.24, 2.45) is 5.92 Å². The van der Waals surface area contributed by atoms with Crippen LogP contribution >= 0.6 is 11.3 Å². The summed E-state index contributed by atoms with van der Waals surface area (Å²) in [6, 6.07) is 9.80. The number of nitrogens with one attached hydrogen (secondary N) is 4. The SMILES string of the molecule is CC(CCNC(=O)c1ccc(-c2csc(NC3CCNCC3)n2)cc1)CC(=O)NCC#N. The van der Waals surface area contributed by atoms with Gasteiger partial charge in [0.2, 0.25) is 5.91 Å². The zero-order valence-corrected chi connectivity index (χ0v) is 19.1. The Bertz CT molecular complexity index is 931. The van der Waals surface area contributed by atoms with Gasteiger partial charge in [-0.3, -0.25) is 9.59 Å². The van der Waals surface area contributed by atoms with E-state index in [0.29, 0.717) is 31.0 Å². The number of anilines is 1. The van der Waals surface area contributed by atoms with E-state index in [1.807, 2.05) is 42.6 Å². The van der Waals surface area contributed by atoms with E-state index in [4.69, 9.17) is 10.2 Å². The van der Waals surface area contributed by atoms with Gasteiger partial charge in [-0.25, -0.2) is 4.98 Å². The van der Waals surface area contributed by atoms with Crippen LogP contribution in [0.3, 0.4) is 0 Å². The molecule has 0 saturated carbocycles. The molecule has 8 nitrogen and oxygen atoms in total. The van der Waals surface area contributed by atoms with E-state index in [1.165, 1.54) is 0 Å². The maximum absolute atomic E-state index is 12.4. The largest absolute Gasteiger partial charge is 0.359 e. The van der Waals surface area contributed by atoms with E-state index >= 15 is 0 Å². The average molecular weight is 455 g/mol. The molecule has 3 rings (SSSR count). The summed E-state index contributed by atoms with van der Waals surface area (Å²) in [6.45, 7) is 4.54. The van der Waals surface area contributed by atoms with Crippen LogP contribution < -0.4 is 21.3 Å². The molecule has 1 unspecified atom stereocenters. The van der Waals surface area contributed by atoms with Crippen LogP contribution in [0.5, 0.6) is 0 Å². The third kappa shape index (κ3) is 7.32. The lowest BCUT2D eigenvalue weighted by Crippen LogP contribution is -2.35. The lowest BCUT2D eigenvalue weighted by atomic mass is 10.0. The van der Waals surface area contributed by atoms with Crippen molar-refractivity contribution < 1.29 is 9.59 Å². The van der Waals surface area contributed by atoms with E-state index in [1.54, 1.807) is 11.3 Å². The molecule has 4 N–H and O–H groups in total. The first-order valence-electron chi connectivity index (χ1n) is 11.0. The van der Waals surface area contributed by atoms with Crippen LogP contribution in [0.1, 0.15) is 43.0 Å². The summed E-state index contributed by atoms with van der Waals surface area (Å²) in [5.74, 6) is -0.157. The van der Waals surface area contributed by atoms with Crippen LogP contribution in [0.15, 0.2) is 29.6 Å². The third-order valence-corrected chi connectivity index (χ3v) is 6.21. The fourth-order valence-corrected chi connectivity index (χ4v) is 4.37. The van der Waals surface area contributed by atoms with Gasteiger partial charge in [0.25, 0.3) is 5.91 Å². The smallest absolute Gasteiger partial charge is 0.251 e. The fourth-order valence-electron chi connectivity index (χ4n) is 3.57. The van der Waals surface area contributed by atoms with Crippen molar-refractivity contribution in [2.75, 3.05) is 31.5 Å². The van der Waals surface area contributed by atoms with Gasteiger partial charge in [-0.2, -0.15) is 5.26 Å². The van der Waals surface area contributed by atoms with Gasteiger partial charge in [0.1, 0.15) is 6.54 Å². The van der Waals surface area contributed by atoms with Crippen molar-refractivity contribution in [1.29, 1.82) is 5.26 Å². The Balaban J connectivity index is 1.44. The minimum atomic E-state index is -0.142. The number of amides is 2. The van der Waals surface area contributed by atoms with E-state index in [0.717, 1.165) is 42.3 Å². The number of nitrogens with zero attached hydrogens (tertiary/aromatic N) is 2. The summed E-state index contributed by atoms with van der Waals surface area (Å²) in [4.78, 5) is 28.7. The number of nitriles is 1. The van der Waals surface area contributed by atoms with Crippen molar-refractivity contribution in [3.8, 4) is 17.3 Å². The van der Waals surface area contributed by atoms with E-state index in [-0.39, 0.29) is 24.3 Å². The molecule has 1 atom stereocenters. The number of hydrogen-bond donors (Lipinski definition) is 4. The van der Waals surface area contributed by atoms with Crippen LogP contribution in [0.25, 0.3) is 11.3 Å². The second-order valence-electron chi connectivity index (χ2n) is 8.07. The Hall–Kier alpha value is -2.96. The van der Waals surface area contributed by atoms with Gasteiger partial charge < -0.3 is 21.3 Å².